The van der Waals surface area contributed by atoms with Gasteiger partial charge in [-0.05, 0) is 36.8 Å². The summed E-state index contributed by atoms with van der Waals surface area (Å²) in [6.45, 7) is 0. The molecule has 0 aromatic heterocycles. The molecule has 1 aliphatic rings. The van der Waals surface area contributed by atoms with Gasteiger partial charge in [0.25, 0.3) is 0 Å². The second kappa shape index (κ2) is 8.98. The van der Waals surface area contributed by atoms with E-state index in [4.69, 9.17) is 9.47 Å². The number of hydrogen-bond donors (Lipinski definition) is 2. The second-order valence-electron chi connectivity index (χ2n) is 8.08. The standard InChI is InChI=1S/C24H28O6/c1-29-21(27)23(13-17-9-5-3-6-10-17)15-19(25)16-24(20(23)26,22(28)30-2)14-18-11-7-4-8-12-18/h3-12,19-20,25-26H,13-16H2,1-2H3/t19?,20?,23-,24-/m1/s1. The van der Waals surface area contributed by atoms with E-state index in [1.807, 2.05) is 60.7 Å². The summed E-state index contributed by atoms with van der Waals surface area (Å²) in [5.74, 6) is -1.31. The van der Waals surface area contributed by atoms with Crippen LogP contribution in [0.1, 0.15) is 24.0 Å². The molecule has 0 heterocycles. The first kappa shape index (κ1) is 22.0. The maximum Gasteiger partial charge on any atom is 0.314 e. The molecule has 30 heavy (non-hydrogen) atoms. The predicted octanol–water partition coefficient (Wildman–Crippen LogP) is 2.31. The molecule has 2 N–H and O–H groups in total. The van der Waals surface area contributed by atoms with Crippen molar-refractivity contribution in [1.29, 1.82) is 0 Å². The number of carbonyl (C=O) groups is 2. The van der Waals surface area contributed by atoms with Crippen LogP contribution in [0.2, 0.25) is 0 Å². The monoisotopic (exact) mass is 412 g/mol. The number of benzene rings is 2. The number of methoxy groups -OCH3 is 2. The van der Waals surface area contributed by atoms with E-state index < -0.39 is 35.0 Å². The van der Waals surface area contributed by atoms with Crippen LogP contribution in [0.4, 0.5) is 0 Å². The van der Waals surface area contributed by atoms with Crippen LogP contribution in [0.3, 0.4) is 0 Å². The summed E-state index contributed by atoms with van der Waals surface area (Å²) in [7, 11) is 2.50. The summed E-state index contributed by atoms with van der Waals surface area (Å²) in [5, 5.41) is 22.5. The van der Waals surface area contributed by atoms with Crippen molar-refractivity contribution in [2.75, 3.05) is 14.2 Å². The van der Waals surface area contributed by atoms with Crippen LogP contribution in [0, 0.1) is 10.8 Å². The first-order valence-electron chi connectivity index (χ1n) is 9.99. The molecule has 0 bridgehead atoms. The van der Waals surface area contributed by atoms with E-state index in [0.717, 1.165) is 11.1 Å². The third-order valence-corrected chi connectivity index (χ3v) is 6.16. The molecule has 0 saturated heterocycles. The highest BCUT2D eigenvalue weighted by Crippen LogP contribution is 2.51. The molecular weight excluding hydrogens is 384 g/mol. The normalized spacial score (nSPS) is 28.5. The van der Waals surface area contributed by atoms with Gasteiger partial charge in [0.1, 0.15) is 10.8 Å². The lowest BCUT2D eigenvalue weighted by Crippen LogP contribution is -2.63. The van der Waals surface area contributed by atoms with Gasteiger partial charge in [0.15, 0.2) is 0 Å². The van der Waals surface area contributed by atoms with Crippen LogP contribution < -0.4 is 0 Å². The Morgan fingerprint density at radius 1 is 0.800 bits per heavy atom. The number of rotatable bonds is 6. The van der Waals surface area contributed by atoms with Crippen LogP contribution in [0.25, 0.3) is 0 Å². The molecule has 1 fully saturated rings. The molecule has 3 rings (SSSR count). The lowest BCUT2D eigenvalue weighted by atomic mass is 9.55. The lowest BCUT2D eigenvalue weighted by Gasteiger charge is -2.50. The Morgan fingerprint density at radius 3 is 1.50 bits per heavy atom. The Kier molecular flexibility index (Phi) is 6.58. The van der Waals surface area contributed by atoms with Gasteiger partial charge >= 0.3 is 11.9 Å². The SMILES string of the molecule is COC(=O)[C@]1(Cc2ccccc2)CC(O)C[C@@](Cc2ccccc2)(C(=O)OC)C1O. The molecule has 160 valence electrons. The molecule has 0 radical (unpaired) electrons. The number of ether oxygens (including phenoxy) is 2. The molecule has 0 unspecified atom stereocenters. The molecule has 1 saturated carbocycles. The zero-order valence-corrected chi connectivity index (χ0v) is 17.3. The van der Waals surface area contributed by atoms with Gasteiger partial charge in [-0.2, -0.15) is 0 Å². The quantitative estimate of drug-likeness (QED) is 0.708. The summed E-state index contributed by atoms with van der Waals surface area (Å²) in [6, 6.07) is 18.4. The molecule has 6 heteroatoms. The number of aliphatic hydroxyl groups is 2. The van der Waals surface area contributed by atoms with Crippen molar-refractivity contribution >= 4 is 11.9 Å². The lowest BCUT2D eigenvalue weighted by molar-refractivity contribution is -0.200. The van der Waals surface area contributed by atoms with Crippen molar-refractivity contribution in [2.24, 2.45) is 10.8 Å². The van der Waals surface area contributed by atoms with E-state index in [-0.39, 0.29) is 25.7 Å². The van der Waals surface area contributed by atoms with E-state index in [9.17, 15) is 19.8 Å². The van der Waals surface area contributed by atoms with Gasteiger partial charge in [0.2, 0.25) is 0 Å². The fourth-order valence-electron chi connectivity index (χ4n) is 4.86. The summed E-state index contributed by atoms with van der Waals surface area (Å²) in [4.78, 5) is 26.1. The first-order chi connectivity index (χ1) is 14.4. The molecule has 1 aliphatic carbocycles. The Labute approximate surface area is 176 Å². The van der Waals surface area contributed by atoms with Crippen LogP contribution in [-0.4, -0.2) is 48.6 Å². The number of esters is 2. The van der Waals surface area contributed by atoms with Crippen molar-refractivity contribution in [3.8, 4) is 0 Å². The van der Waals surface area contributed by atoms with Gasteiger partial charge in [-0.25, -0.2) is 0 Å². The Hall–Kier alpha value is -2.70. The van der Waals surface area contributed by atoms with Crippen molar-refractivity contribution in [3.63, 3.8) is 0 Å². The molecule has 2 aromatic carbocycles. The molecule has 2 aromatic rings. The molecule has 0 aliphatic heterocycles. The second-order valence-corrected chi connectivity index (χ2v) is 8.08. The maximum absolute atomic E-state index is 13.1. The summed E-state index contributed by atoms with van der Waals surface area (Å²) < 4.78 is 10.2. The van der Waals surface area contributed by atoms with Crippen LogP contribution >= 0.6 is 0 Å². The van der Waals surface area contributed by atoms with Crippen LogP contribution in [-0.2, 0) is 31.9 Å². The van der Waals surface area contributed by atoms with Gasteiger partial charge in [0, 0.05) is 0 Å². The fourth-order valence-corrected chi connectivity index (χ4v) is 4.86. The number of hydrogen-bond acceptors (Lipinski definition) is 6. The van der Waals surface area contributed by atoms with Crippen molar-refractivity contribution < 1.29 is 29.3 Å². The Morgan fingerprint density at radius 2 is 1.17 bits per heavy atom. The fraction of sp³-hybridized carbons (Fsp3) is 0.417. The molecular formula is C24H28O6. The van der Waals surface area contributed by atoms with E-state index in [1.54, 1.807) is 0 Å². The van der Waals surface area contributed by atoms with E-state index in [1.165, 1.54) is 14.2 Å². The zero-order valence-electron chi connectivity index (χ0n) is 17.3. The average Bonchev–Trinajstić information content (AvgIpc) is 2.77. The van der Waals surface area contributed by atoms with Crippen LogP contribution in [0.5, 0.6) is 0 Å². The third-order valence-electron chi connectivity index (χ3n) is 6.16. The Balaban J connectivity index is 2.13. The van der Waals surface area contributed by atoms with E-state index in [2.05, 4.69) is 0 Å². The van der Waals surface area contributed by atoms with Gasteiger partial charge in [-0.1, -0.05) is 60.7 Å². The summed E-state index contributed by atoms with van der Waals surface area (Å²) >= 11 is 0. The third kappa shape index (κ3) is 3.98. The van der Waals surface area contributed by atoms with Gasteiger partial charge < -0.3 is 19.7 Å². The molecule has 6 nitrogen and oxygen atoms in total. The smallest absolute Gasteiger partial charge is 0.314 e. The molecule has 0 spiro atoms. The minimum Gasteiger partial charge on any atom is -0.469 e. The minimum atomic E-state index is -1.49. The van der Waals surface area contributed by atoms with Crippen molar-refractivity contribution in [1.82, 2.24) is 0 Å². The van der Waals surface area contributed by atoms with E-state index in [0.29, 0.717) is 0 Å². The highest BCUT2D eigenvalue weighted by molar-refractivity contribution is 5.84. The van der Waals surface area contributed by atoms with Crippen LogP contribution in [0.15, 0.2) is 60.7 Å². The van der Waals surface area contributed by atoms with Crippen molar-refractivity contribution in [2.45, 2.75) is 37.9 Å². The first-order valence-corrected chi connectivity index (χ1v) is 9.99. The summed E-state index contributed by atoms with van der Waals surface area (Å²) in [6.07, 6.45) is -2.15. The Bertz CT molecular complexity index is 796. The van der Waals surface area contributed by atoms with Crippen molar-refractivity contribution in [3.05, 3.63) is 71.8 Å². The largest absolute Gasteiger partial charge is 0.469 e. The zero-order chi connectivity index (χ0) is 21.8. The van der Waals surface area contributed by atoms with Gasteiger partial charge in [-0.3, -0.25) is 9.59 Å². The number of aliphatic hydroxyl groups excluding tert-OH is 2. The van der Waals surface area contributed by atoms with Gasteiger partial charge in [0.05, 0.1) is 26.4 Å². The average molecular weight is 412 g/mol. The minimum absolute atomic E-state index is 0.0106. The van der Waals surface area contributed by atoms with E-state index >= 15 is 0 Å². The highest BCUT2D eigenvalue weighted by Gasteiger charge is 2.63. The predicted molar refractivity (Wildman–Crippen MR) is 110 cm³/mol. The maximum atomic E-state index is 13.1. The summed E-state index contributed by atoms with van der Waals surface area (Å²) in [5.41, 5.74) is -1.38. The molecule has 2 atom stereocenters. The van der Waals surface area contributed by atoms with Gasteiger partial charge in [-0.15, -0.1) is 0 Å². The molecule has 0 amide bonds. The topological polar surface area (TPSA) is 93.1 Å². The number of carbonyl (C=O) groups excluding carboxylic acids is 2. The highest BCUT2D eigenvalue weighted by atomic mass is 16.5.